The first-order chi connectivity index (χ1) is 16.5. The molecule has 0 saturated carbocycles. The number of amides is 1. The third-order valence-corrected chi connectivity index (χ3v) is 6.06. The zero-order chi connectivity index (χ0) is 23.9. The molecule has 6 heteroatoms. The maximum atomic E-state index is 12.1. The van der Waals surface area contributed by atoms with E-state index in [0.717, 1.165) is 36.2 Å². The molecule has 0 fully saturated rings. The number of nitrogens with zero attached hydrogens (tertiary/aromatic N) is 2. The molecular formula is C28H30ClN3O2. The first-order valence-corrected chi connectivity index (χ1v) is 12.1. The van der Waals surface area contributed by atoms with Gasteiger partial charge in [-0.15, -0.1) is 0 Å². The fraction of sp³-hybridized carbons (Fsp3) is 0.286. The Morgan fingerprint density at radius 2 is 1.76 bits per heavy atom. The fourth-order valence-electron chi connectivity index (χ4n) is 3.89. The van der Waals surface area contributed by atoms with Gasteiger partial charge in [0, 0.05) is 24.5 Å². The summed E-state index contributed by atoms with van der Waals surface area (Å²) in [6.07, 6.45) is 1.57. The summed E-state index contributed by atoms with van der Waals surface area (Å²) < 4.78 is 7.78. The smallest absolute Gasteiger partial charge is 0.257 e. The number of carbonyl (C=O) groups excluding carboxylic acids is 1. The van der Waals surface area contributed by atoms with Crippen LogP contribution in [0, 0.1) is 0 Å². The van der Waals surface area contributed by atoms with Gasteiger partial charge in [0.05, 0.1) is 11.0 Å². The molecule has 3 aromatic carbocycles. The lowest BCUT2D eigenvalue weighted by atomic mass is 10.0. The Labute approximate surface area is 205 Å². The van der Waals surface area contributed by atoms with Crippen LogP contribution in [0.2, 0.25) is 5.02 Å². The Hall–Kier alpha value is -3.31. The van der Waals surface area contributed by atoms with Gasteiger partial charge in [0.1, 0.15) is 11.6 Å². The van der Waals surface area contributed by atoms with Crippen LogP contribution in [0.4, 0.5) is 0 Å². The van der Waals surface area contributed by atoms with Gasteiger partial charge in [-0.2, -0.15) is 0 Å². The van der Waals surface area contributed by atoms with Gasteiger partial charge < -0.3 is 14.6 Å². The molecule has 0 bridgehead atoms. The van der Waals surface area contributed by atoms with E-state index in [0.29, 0.717) is 23.2 Å². The summed E-state index contributed by atoms with van der Waals surface area (Å²) in [6, 6.07) is 24.0. The lowest BCUT2D eigenvalue weighted by Gasteiger charge is -2.12. The number of para-hydroxylation sites is 2. The Morgan fingerprint density at radius 1 is 1.03 bits per heavy atom. The van der Waals surface area contributed by atoms with Crippen molar-refractivity contribution in [2.75, 3.05) is 13.2 Å². The summed E-state index contributed by atoms with van der Waals surface area (Å²) in [7, 11) is 0. The van der Waals surface area contributed by atoms with Crippen molar-refractivity contribution in [1.82, 2.24) is 14.9 Å². The monoisotopic (exact) mass is 475 g/mol. The summed E-state index contributed by atoms with van der Waals surface area (Å²) >= 11 is 5.87. The van der Waals surface area contributed by atoms with Crippen molar-refractivity contribution in [3.63, 3.8) is 0 Å². The van der Waals surface area contributed by atoms with Crippen molar-refractivity contribution in [3.8, 4) is 5.75 Å². The molecule has 0 radical (unpaired) electrons. The second kappa shape index (κ2) is 11.2. The van der Waals surface area contributed by atoms with Crippen molar-refractivity contribution < 1.29 is 9.53 Å². The van der Waals surface area contributed by atoms with Gasteiger partial charge in [-0.1, -0.05) is 61.8 Å². The molecule has 5 nitrogen and oxygen atoms in total. The third-order valence-electron chi connectivity index (χ3n) is 5.80. The minimum atomic E-state index is -0.145. The van der Waals surface area contributed by atoms with Crippen LogP contribution in [0.25, 0.3) is 11.0 Å². The van der Waals surface area contributed by atoms with Crippen LogP contribution in [0.3, 0.4) is 0 Å². The van der Waals surface area contributed by atoms with E-state index in [4.69, 9.17) is 21.3 Å². The summed E-state index contributed by atoms with van der Waals surface area (Å²) in [6.45, 7) is 5.73. The van der Waals surface area contributed by atoms with E-state index in [9.17, 15) is 4.79 Å². The van der Waals surface area contributed by atoms with Gasteiger partial charge in [0.25, 0.3) is 5.91 Å². The van der Waals surface area contributed by atoms with Gasteiger partial charge in [0.15, 0.2) is 6.61 Å². The Kier molecular flexibility index (Phi) is 7.86. The first kappa shape index (κ1) is 23.8. The minimum absolute atomic E-state index is 0.0213. The lowest BCUT2D eigenvalue weighted by molar-refractivity contribution is -0.123. The number of ether oxygens (including phenoxy) is 1. The number of carbonyl (C=O) groups is 1. The molecule has 34 heavy (non-hydrogen) atoms. The number of hydrogen-bond acceptors (Lipinski definition) is 3. The van der Waals surface area contributed by atoms with Gasteiger partial charge >= 0.3 is 0 Å². The number of hydrogen-bond donors (Lipinski definition) is 1. The van der Waals surface area contributed by atoms with Gasteiger partial charge in [-0.25, -0.2) is 4.98 Å². The molecule has 0 unspecified atom stereocenters. The molecule has 1 amide bonds. The zero-order valence-corrected chi connectivity index (χ0v) is 20.4. The van der Waals surface area contributed by atoms with Crippen molar-refractivity contribution in [2.45, 2.75) is 39.2 Å². The highest BCUT2D eigenvalue weighted by molar-refractivity contribution is 6.30. The van der Waals surface area contributed by atoms with Crippen molar-refractivity contribution in [3.05, 3.63) is 94.8 Å². The zero-order valence-electron chi connectivity index (χ0n) is 19.6. The fourth-order valence-corrected chi connectivity index (χ4v) is 4.01. The predicted molar refractivity (Wildman–Crippen MR) is 138 cm³/mol. The molecule has 1 heterocycles. The maximum absolute atomic E-state index is 12.1. The highest BCUT2D eigenvalue weighted by atomic mass is 35.5. The van der Waals surface area contributed by atoms with Gasteiger partial charge in [-0.3, -0.25) is 4.79 Å². The average Bonchev–Trinajstić information content (AvgIpc) is 3.19. The van der Waals surface area contributed by atoms with Crippen LogP contribution in [-0.2, 0) is 17.8 Å². The minimum Gasteiger partial charge on any atom is -0.484 e. The number of halogens is 1. The number of benzene rings is 3. The van der Waals surface area contributed by atoms with E-state index in [2.05, 4.69) is 54.1 Å². The summed E-state index contributed by atoms with van der Waals surface area (Å²) in [5.74, 6) is 2.02. The quantitative estimate of drug-likeness (QED) is 0.287. The highest BCUT2D eigenvalue weighted by Gasteiger charge is 2.12. The van der Waals surface area contributed by atoms with Crippen LogP contribution in [0.5, 0.6) is 5.75 Å². The Morgan fingerprint density at radius 3 is 2.50 bits per heavy atom. The molecule has 0 atom stereocenters. The number of rotatable bonds is 10. The molecule has 0 spiro atoms. The van der Waals surface area contributed by atoms with Crippen molar-refractivity contribution >= 4 is 28.5 Å². The van der Waals surface area contributed by atoms with Crippen LogP contribution in [0.15, 0.2) is 72.8 Å². The second-order valence-electron chi connectivity index (χ2n) is 8.70. The van der Waals surface area contributed by atoms with E-state index in [1.54, 1.807) is 24.3 Å². The van der Waals surface area contributed by atoms with Crippen LogP contribution >= 0.6 is 11.6 Å². The Balaban J connectivity index is 1.34. The van der Waals surface area contributed by atoms with Gasteiger partial charge in [0.2, 0.25) is 0 Å². The van der Waals surface area contributed by atoms with Crippen LogP contribution in [0.1, 0.15) is 43.1 Å². The van der Waals surface area contributed by atoms with E-state index < -0.39 is 0 Å². The van der Waals surface area contributed by atoms with Crippen molar-refractivity contribution in [1.29, 1.82) is 0 Å². The number of aryl methyl sites for hydroxylation is 1. The SMILES string of the molecule is CC(C)c1ccc(Cn2c(CCCNC(=O)COc3ccc(Cl)cc3)nc3ccccc32)cc1. The predicted octanol–water partition coefficient (Wildman–Crippen LogP) is 5.99. The first-order valence-electron chi connectivity index (χ1n) is 11.7. The van der Waals surface area contributed by atoms with E-state index in [-0.39, 0.29) is 12.5 Å². The molecule has 4 aromatic rings. The standard InChI is InChI=1S/C28H30ClN3O2/c1-20(2)22-11-9-21(10-12-22)18-32-26-7-4-3-6-25(26)31-27(32)8-5-17-30-28(33)19-34-24-15-13-23(29)14-16-24/h3-4,6-7,9-16,20H,5,8,17-19H2,1-2H3,(H,30,33). The molecule has 0 aliphatic rings. The third kappa shape index (κ3) is 6.17. The normalized spacial score (nSPS) is 11.2. The number of nitrogens with one attached hydrogen (secondary N) is 1. The maximum Gasteiger partial charge on any atom is 0.257 e. The molecule has 0 saturated heterocycles. The lowest BCUT2D eigenvalue weighted by Crippen LogP contribution is -2.30. The molecular weight excluding hydrogens is 446 g/mol. The number of fused-ring (bicyclic) bond motifs is 1. The molecule has 0 aliphatic carbocycles. The number of imidazole rings is 1. The average molecular weight is 476 g/mol. The topological polar surface area (TPSA) is 56.2 Å². The number of aromatic nitrogens is 2. The summed E-state index contributed by atoms with van der Waals surface area (Å²) in [5, 5.41) is 3.56. The summed E-state index contributed by atoms with van der Waals surface area (Å²) in [5.41, 5.74) is 4.72. The van der Waals surface area contributed by atoms with E-state index in [1.807, 2.05) is 18.2 Å². The molecule has 1 N–H and O–H groups in total. The van der Waals surface area contributed by atoms with Crippen LogP contribution in [-0.4, -0.2) is 28.6 Å². The molecule has 1 aromatic heterocycles. The molecule has 176 valence electrons. The van der Waals surface area contributed by atoms with Crippen LogP contribution < -0.4 is 10.1 Å². The Bertz CT molecular complexity index is 1230. The molecule has 0 aliphatic heterocycles. The molecule has 4 rings (SSSR count). The largest absolute Gasteiger partial charge is 0.484 e. The van der Waals surface area contributed by atoms with Crippen molar-refractivity contribution in [2.24, 2.45) is 0 Å². The van der Waals surface area contributed by atoms with E-state index >= 15 is 0 Å². The highest BCUT2D eigenvalue weighted by Crippen LogP contribution is 2.21. The summed E-state index contributed by atoms with van der Waals surface area (Å²) in [4.78, 5) is 17.0. The van der Waals surface area contributed by atoms with E-state index in [1.165, 1.54) is 11.1 Å². The second-order valence-corrected chi connectivity index (χ2v) is 9.13. The van der Waals surface area contributed by atoms with Gasteiger partial charge in [-0.05, 0) is 59.9 Å².